The third kappa shape index (κ3) is 1.99. The largest absolute Gasteiger partial charge is 0.335 e. The molecule has 0 saturated carbocycles. The molecule has 1 saturated heterocycles. The molecule has 0 atom stereocenters. The third-order valence-electron chi connectivity index (χ3n) is 3.25. The zero-order valence-corrected chi connectivity index (χ0v) is 9.85. The van der Waals surface area contributed by atoms with Crippen molar-refractivity contribution in [3.63, 3.8) is 0 Å². The Bertz CT molecular complexity index is 617. The summed E-state index contributed by atoms with van der Waals surface area (Å²) in [6.07, 6.45) is 2.61. The van der Waals surface area contributed by atoms with Gasteiger partial charge in [-0.25, -0.2) is 0 Å². The van der Waals surface area contributed by atoms with Gasteiger partial charge in [-0.2, -0.15) is 5.10 Å². The number of likely N-dealkylation sites (tertiary alicyclic amines) is 1. The fourth-order valence-electron chi connectivity index (χ4n) is 2.24. The molecule has 5 heteroatoms. The Balaban J connectivity index is 1.69. The highest BCUT2D eigenvalue weighted by Crippen LogP contribution is 2.14. The van der Waals surface area contributed by atoms with E-state index >= 15 is 0 Å². The van der Waals surface area contributed by atoms with Gasteiger partial charge in [-0.1, -0.05) is 12.1 Å². The van der Waals surface area contributed by atoms with Crippen molar-refractivity contribution in [3.05, 3.63) is 30.0 Å². The van der Waals surface area contributed by atoms with Crippen LogP contribution in [-0.4, -0.2) is 39.9 Å². The molecule has 1 fully saturated rings. The van der Waals surface area contributed by atoms with E-state index < -0.39 is 0 Å². The number of nitrogens with zero attached hydrogens (tertiary/aromatic N) is 2. The normalized spacial score (nSPS) is 15.9. The van der Waals surface area contributed by atoms with E-state index in [0.717, 1.165) is 22.9 Å². The van der Waals surface area contributed by atoms with Crippen molar-refractivity contribution in [2.24, 2.45) is 0 Å². The molecule has 1 amide bonds. The number of hydrogen-bond donors (Lipinski definition) is 1. The number of Topliss-reactive ketones (excluding diaryl/α,β-unsaturated/α-hetero) is 1. The van der Waals surface area contributed by atoms with Crippen molar-refractivity contribution in [2.45, 2.75) is 12.8 Å². The zero-order chi connectivity index (χ0) is 12.5. The smallest absolute Gasteiger partial charge is 0.230 e. The molecule has 3 rings (SSSR count). The van der Waals surface area contributed by atoms with Crippen molar-refractivity contribution in [1.82, 2.24) is 15.1 Å². The van der Waals surface area contributed by atoms with E-state index in [2.05, 4.69) is 10.2 Å². The second-order valence-electron chi connectivity index (χ2n) is 4.57. The van der Waals surface area contributed by atoms with Crippen LogP contribution in [0, 0.1) is 0 Å². The molecule has 0 radical (unpaired) electrons. The summed E-state index contributed by atoms with van der Waals surface area (Å²) in [4.78, 5) is 24.2. The van der Waals surface area contributed by atoms with Gasteiger partial charge in [-0.15, -0.1) is 0 Å². The molecule has 1 aromatic heterocycles. The van der Waals surface area contributed by atoms with Gasteiger partial charge >= 0.3 is 0 Å². The van der Waals surface area contributed by atoms with E-state index in [1.54, 1.807) is 11.1 Å². The van der Waals surface area contributed by atoms with Crippen LogP contribution in [0.15, 0.2) is 24.4 Å². The van der Waals surface area contributed by atoms with Crippen LogP contribution in [0.2, 0.25) is 0 Å². The van der Waals surface area contributed by atoms with E-state index in [0.29, 0.717) is 6.54 Å². The maximum absolute atomic E-state index is 11.5. The summed E-state index contributed by atoms with van der Waals surface area (Å²) in [7, 11) is 0. The lowest BCUT2D eigenvalue weighted by Crippen LogP contribution is -2.27. The molecule has 1 N–H and O–H groups in total. The Morgan fingerprint density at radius 1 is 1.33 bits per heavy atom. The molecule has 0 spiro atoms. The van der Waals surface area contributed by atoms with Gasteiger partial charge in [0.05, 0.1) is 24.7 Å². The molecule has 0 unspecified atom stereocenters. The minimum absolute atomic E-state index is 0.0176. The van der Waals surface area contributed by atoms with Gasteiger partial charge < -0.3 is 4.90 Å². The van der Waals surface area contributed by atoms with Crippen molar-refractivity contribution in [3.8, 4) is 0 Å². The van der Waals surface area contributed by atoms with Crippen LogP contribution in [-0.2, 0) is 16.0 Å². The van der Waals surface area contributed by atoms with Gasteiger partial charge in [0.15, 0.2) is 5.78 Å². The predicted molar refractivity (Wildman–Crippen MR) is 66.0 cm³/mol. The molecule has 0 bridgehead atoms. The van der Waals surface area contributed by atoms with Gasteiger partial charge in [0.25, 0.3) is 0 Å². The molecule has 1 aliphatic heterocycles. The van der Waals surface area contributed by atoms with Gasteiger partial charge in [-0.3, -0.25) is 14.7 Å². The first-order chi connectivity index (χ1) is 8.72. The first-order valence-corrected chi connectivity index (χ1v) is 5.94. The number of nitrogens with one attached hydrogen (secondary N) is 1. The van der Waals surface area contributed by atoms with Crippen LogP contribution >= 0.6 is 0 Å². The number of rotatable bonds is 3. The summed E-state index contributed by atoms with van der Waals surface area (Å²) >= 11 is 0. The van der Waals surface area contributed by atoms with Gasteiger partial charge in [0.1, 0.15) is 0 Å². The van der Waals surface area contributed by atoms with E-state index in [1.165, 1.54) is 0 Å². The van der Waals surface area contributed by atoms with Gasteiger partial charge in [0, 0.05) is 11.9 Å². The Kier molecular flexibility index (Phi) is 2.59. The first kappa shape index (κ1) is 11.0. The minimum Gasteiger partial charge on any atom is -0.335 e. The molecule has 1 aliphatic rings. The van der Waals surface area contributed by atoms with Crippen LogP contribution < -0.4 is 0 Å². The van der Waals surface area contributed by atoms with Crippen LogP contribution in [0.1, 0.15) is 12.0 Å². The number of aromatic nitrogens is 2. The number of aromatic amines is 1. The molecule has 2 heterocycles. The number of carbonyl (C=O) groups is 2. The standard InChI is InChI=1S/C13H13N3O2/c17-11-6-13(18)16(8-11)4-3-9-1-2-10-7-14-15-12(10)5-9/h1-2,5,7H,3-4,6,8H2,(H,14,15). The van der Waals surface area contributed by atoms with Gasteiger partial charge in [-0.05, 0) is 18.1 Å². The fourth-order valence-corrected chi connectivity index (χ4v) is 2.24. The lowest BCUT2D eigenvalue weighted by molar-refractivity contribution is -0.127. The Hall–Kier alpha value is -2.17. The SMILES string of the molecule is O=C1CC(=O)N(CCc2ccc3cn[nH]c3c2)C1. The highest BCUT2D eigenvalue weighted by Gasteiger charge is 2.26. The Morgan fingerprint density at radius 3 is 3.00 bits per heavy atom. The number of fused-ring (bicyclic) bond motifs is 1. The lowest BCUT2D eigenvalue weighted by atomic mass is 10.1. The summed E-state index contributed by atoms with van der Waals surface area (Å²) in [6.45, 7) is 0.870. The van der Waals surface area contributed by atoms with Crippen LogP contribution in [0.25, 0.3) is 10.9 Å². The number of amides is 1. The number of H-pyrrole nitrogens is 1. The summed E-state index contributed by atoms with van der Waals surface area (Å²) in [5.74, 6) is -0.0355. The highest BCUT2D eigenvalue weighted by atomic mass is 16.2. The fraction of sp³-hybridized carbons (Fsp3) is 0.308. The zero-order valence-electron chi connectivity index (χ0n) is 9.85. The maximum atomic E-state index is 11.5. The summed E-state index contributed by atoms with van der Waals surface area (Å²) in [6, 6.07) is 6.07. The quantitative estimate of drug-likeness (QED) is 0.815. The van der Waals surface area contributed by atoms with E-state index in [4.69, 9.17) is 0 Å². The molecule has 1 aromatic carbocycles. The molecular formula is C13H13N3O2. The molecule has 18 heavy (non-hydrogen) atoms. The maximum Gasteiger partial charge on any atom is 0.230 e. The van der Waals surface area contributed by atoms with Crippen LogP contribution in [0.3, 0.4) is 0 Å². The number of hydrogen-bond acceptors (Lipinski definition) is 3. The van der Waals surface area contributed by atoms with E-state index in [9.17, 15) is 9.59 Å². The van der Waals surface area contributed by atoms with Crippen molar-refractivity contribution in [2.75, 3.05) is 13.1 Å². The second kappa shape index (κ2) is 4.25. The van der Waals surface area contributed by atoms with Crippen molar-refractivity contribution >= 4 is 22.6 Å². The highest BCUT2D eigenvalue weighted by molar-refractivity contribution is 6.05. The van der Waals surface area contributed by atoms with Gasteiger partial charge in [0.2, 0.25) is 5.91 Å². The first-order valence-electron chi connectivity index (χ1n) is 5.94. The van der Waals surface area contributed by atoms with Crippen LogP contribution in [0.4, 0.5) is 0 Å². The number of ketones is 1. The summed E-state index contributed by atoms with van der Waals surface area (Å²) in [5.41, 5.74) is 2.13. The second-order valence-corrected chi connectivity index (χ2v) is 4.57. The Labute approximate surface area is 104 Å². The van der Waals surface area contributed by atoms with Crippen LogP contribution in [0.5, 0.6) is 0 Å². The van der Waals surface area contributed by atoms with E-state index in [-0.39, 0.29) is 24.7 Å². The molecule has 0 aliphatic carbocycles. The predicted octanol–water partition coefficient (Wildman–Crippen LogP) is 0.907. The molecule has 2 aromatic rings. The van der Waals surface area contributed by atoms with E-state index in [1.807, 2.05) is 18.2 Å². The Morgan fingerprint density at radius 2 is 2.22 bits per heavy atom. The molecule has 92 valence electrons. The number of benzene rings is 1. The van der Waals surface area contributed by atoms with Crippen molar-refractivity contribution in [1.29, 1.82) is 0 Å². The monoisotopic (exact) mass is 243 g/mol. The molecule has 5 nitrogen and oxygen atoms in total. The average Bonchev–Trinajstić information content (AvgIpc) is 2.92. The number of carbonyl (C=O) groups excluding carboxylic acids is 2. The summed E-state index contributed by atoms with van der Waals surface area (Å²) < 4.78 is 0. The summed E-state index contributed by atoms with van der Waals surface area (Å²) in [5, 5.41) is 7.96. The molecular weight excluding hydrogens is 230 g/mol. The average molecular weight is 243 g/mol. The lowest BCUT2D eigenvalue weighted by Gasteiger charge is -2.14. The minimum atomic E-state index is -0.0531. The van der Waals surface area contributed by atoms with Crippen molar-refractivity contribution < 1.29 is 9.59 Å². The topological polar surface area (TPSA) is 66.1 Å². The third-order valence-corrected chi connectivity index (χ3v) is 3.25.